The fraction of sp³-hybridized carbons (Fsp3) is 0.312. The predicted molar refractivity (Wildman–Crippen MR) is 159 cm³/mol. The van der Waals surface area contributed by atoms with Crippen molar-refractivity contribution in [2.45, 2.75) is 52.0 Å². The quantitative estimate of drug-likeness (QED) is 0.293. The lowest BCUT2D eigenvalue weighted by Crippen LogP contribution is -2.56. The van der Waals surface area contributed by atoms with Gasteiger partial charge in [-0.05, 0) is 75.6 Å². The van der Waals surface area contributed by atoms with Crippen LogP contribution in [0.2, 0.25) is 0 Å². The number of nitrogens with two attached hydrogens (primary N) is 1. The number of anilines is 2. The molecule has 1 heterocycles. The van der Waals surface area contributed by atoms with Gasteiger partial charge < -0.3 is 20.1 Å². The van der Waals surface area contributed by atoms with Gasteiger partial charge in [-0.3, -0.25) is 4.79 Å². The Labute approximate surface area is 240 Å². The normalized spacial score (nSPS) is 17.8. The molecule has 0 saturated heterocycles. The number of benzene rings is 3. The van der Waals surface area contributed by atoms with Crippen LogP contribution in [0.25, 0.3) is 0 Å². The summed E-state index contributed by atoms with van der Waals surface area (Å²) in [6, 6.07) is 24.5. The lowest BCUT2D eigenvalue weighted by Gasteiger charge is -2.51. The van der Waals surface area contributed by atoms with E-state index >= 15 is 0 Å². The van der Waals surface area contributed by atoms with Crippen molar-refractivity contribution < 1.29 is 23.9 Å². The molecule has 0 fully saturated rings. The molecular formula is C32H36N4O5. The first-order valence-electron chi connectivity index (χ1n) is 13.6. The zero-order valence-electron chi connectivity index (χ0n) is 24.1. The van der Waals surface area contributed by atoms with Crippen LogP contribution >= 0.6 is 0 Å². The maximum atomic E-state index is 14.0. The minimum Gasteiger partial charge on any atom is -0.449 e. The second kappa shape index (κ2) is 11.8. The Morgan fingerprint density at radius 1 is 0.902 bits per heavy atom. The van der Waals surface area contributed by atoms with Gasteiger partial charge in [0.2, 0.25) is 5.96 Å². The summed E-state index contributed by atoms with van der Waals surface area (Å²) in [4.78, 5) is 45.8. The Balaban J connectivity index is 1.95. The van der Waals surface area contributed by atoms with Crippen LogP contribution in [0.4, 0.5) is 21.0 Å². The van der Waals surface area contributed by atoms with E-state index in [1.807, 2.05) is 47.4 Å². The third-order valence-electron chi connectivity index (χ3n) is 7.25. The van der Waals surface area contributed by atoms with Gasteiger partial charge in [0.15, 0.2) is 0 Å². The van der Waals surface area contributed by atoms with E-state index in [9.17, 15) is 14.4 Å². The SMILES string of the molecule is CCOC(=O)/N=C(\N)N(C(=O)OCC)c1ccc2c(c1)C(C)(c1ccccc1)CC(C)(C)N2C(=O)c1ccccc1. The van der Waals surface area contributed by atoms with Gasteiger partial charge in [0, 0.05) is 22.2 Å². The number of guanidine groups is 1. The number of aliphatic imine (C=N–C) groups is 1. The van der Waals surface area contributed by atoms with Gasteiger partial charge in [0.05, 0.1) is 18.9 Å². The number of fused-ring (bicyclic) bond motifs is 1. The second-order valence-electron chi connectivity index (χ2n) is 10.6. The first kappa shape index (κ1) is 29.3. The molecule has 214 valence electrons. The highest BCUT2D eigenvalue weighted by atomic mass is 16.6. The maximum Gasteiger partial charge on any atom is 0.436 e. The van der Waals surface area contributed by atoms with Crippen molar-refractivity contribution in [3.63, 3.8) is 0 Å². The van der Waals surface area contributed by atoms with Crippen LogP contribution < -0.4 is 15.5 Å². The molecule has 0 aromatic heterocycles. The number of carbonyl (C=O) groups excluding carboxylic acids is 3. The van der Waals surface area contributed by atoms with Gasteiger partial charge >= 0.3 is 12.2 Å². The summed E-state index contributed by atoms with van der Waals surface area (Å²) in [5.74, 6) is -0.526. The van der Waals surface area contributed by atoms with E-state index < -0.39 is 29.1 Å². The van der Waals surface area contributed by atoms with E-state index in [0.717, 1.165) is 16.0 Å². The molecule has 0 radical (unpaired) electrons. The van der Waals surface area contributed by atoms with E-state index in [1.54, 1.807) is 38.1 Å². The summed E-state index contributed by atoms with van der Waals surface area (Å²) in [5, 5.41) is 0. The summed E-state index contributed by atoms with van der Waals surface area (Å²) < 4.78 is 10.2. The molecule has 1 atom stereocenters. The van der Waals surface area contributed by atoms with Crippen LogP contribution in [-0.4, -0.2) is 42.8 Å². The fourth-order valence-corrected chi connectivity index (χ4v) is 5.64. The Hall–Kier alpha value is -4.66. The van der Waals surface area contributed by atoms with Crippen molar-refractivity contribution in [2.24, 2.45) is 10.7 Å². The molecule has 0 aliphatic carbocycles. The fourth-order valence-electron chi connectivity index (χ4n) is 5.64. The van der Waals surface area contributed by atoms with E-state index in [0.29, 0.717) is 23.4 Å². The number of carbonyl (C=O) groups is 3. The molecule has 9 nitrogen and oxygen atoms in total. The highest BCUT2D eigenvalue weighted by Gasteiger charge is 2.48. The number of hydrogen-bond acceptors (Lipinski definition) is 5. The standard InChI is InChI=1S/C32H36N4O5/c1-6-40-29(38)34-28(33)35(30(39)41-7-2)24-18-19-26-25(20-24)32(5,23-16-12-9-13-17-23)21-31(3,4)36(26)27(37)22-14-10-8-11-15-22/h8-20H,6-7,21H2,1-5H3,(H2,33,34,38). The molecular weight excluding hydrogens is 520 g/mol. The Kier molecular flexibility index (Phi) is 8.47. The van der Waals surface area contributed by atoms with Gasteiger partial charge in [-0.1, -0.05) is 55.5 Å². The summed E-state index contributed by atoms with van der Waals surface area (Å²) >= 11 is 0. The van der Waals surface area contributed by atoms with Crippen LogP contribution in [0.15, 0.2) is 83.9 Å². The van der Waals surface area contributed by atoms with Gasteiger partial charge in [0.1, 0.15) is 0 Å². The number of rotatable bonds is 5. The number of amides is 3. The summed E-state index contributed by atoms with van der Waals surface area (Å²) in [6.45, 7) is 9.74. The van der Waals surface area contributed by atoms with Crippen molar-refractivity contribution in [2.75, 3.05) is 23.0 Å². The average molecular weight is 557 g/mol. The number of nitrogens with zero attached hydrogens (tertiary/aromatic N) is 3. The third kappa shape index (κ3) is 5.79. The van der Waals surface area contributed by atoms with Crippen molar-refractivity contribution in [1.82, 2.24) is 0 Å². The lowest BCUT2D eigenvalue weighted by molar-refractivity contribution is 0.0948. The molecule has 4 rings (SSSR count). The van der Waals surface area contributed by atoms with E-state index in [-0.39, 0.29) is 19.1 Å². The van der Waals surface area contributed by atoms with Crippen LogP contribution in [0.5, 0.6) is 0 Å². The molecule has 41 heavy (non-hydrogen) atoms. The first-order valence-corrected chi connectivity index (χ1v) is 13.6. The Bertz CT molecular complexity index is 1460. The van der Waals surface area contributed by atoms with Crippen LogP contribution in [0.1, 0.15) is 62.5 Å². The molecule has 3 aromatic carbocycles. The summed E-state index contributed by atoms with van der Waals surface area (Å²) in [6.07, 6.45) is -1.13. The van der Waals surface area contributed by atoms with Crippen LogP contribution in [-0.2, 0) is 14.9 Å². The molecule has 2 N–H and O–H groups in total. The van der Waals surface area contributed by atoms with E-state index in [2.05, 4.69) is 37.9 Å². The van der Waals surface area contributed by atoms with Gasteiger partial charge in [-0.2, -0.15) is 0 Å². The molecule has 0 saturated carbocycles. The zero-order chi connectivity index (χ0) is 29.8. The predicted octanol–water partition coefficient (Wildman–Crippen LogP) is 6.26. The molecule has 1 aliphatic rings. The second-order valence-corrected chi connectivity index (χ2v) is 10.6. The summed E-state index contributed by atoms with van der Waals surface area (Å²) in [7, 11) is 0. The third-order valence-corrected chi connectivity index (χ3v) is 7.25. The van der Waals surface area contributed by atoms with Crippen molar-refractivity contribution in [3.05, 3.63) is 95.6 Å². The zero-order valence-corrected chi connectivity index (χ0v) is 24.1. The largest absolute Gasteiger partial charge is 0.449 e. The minimum absolute atomic E-state index is 0.0856. The molecule has 1 unspecified atom stereocenters. The number of ether oxygens (including phenoxy) is 2. The highest BCUT2D eigenvalue weighted by molar-refractivity contribution is 6.15. The molecule has 3 aromatic rings. The molecule has 0 spiro atoms. The van der Waals surface area contributed by atoms with Gasteiger partial charge in [-0.25, -0.2) is 14.5 Å². The smallest absolute Gasteiger partial charge is 0.436 e. The minimum atomic E-state index is -0.923. The molecule has 0 bridgehead atoms. The molecule has 3 amide bonds. The maximum absolute atomic E-state index is 14.0. The topological polar surface area (TPSA) is 115 Å². The van der Waals surface area contributed by atoms with Crippen molar-refractivity contribution >= 4 is 35.4 Å². The Morgan fingerprint density at radius 2 is 1.51 bits per heavy atom. The average Bonchev–Trinajstić information content (AvgIpc) is 2.94. The van der Waals surface area contributed by atoms with Crippen molar-refractivity contribution in [3.8, 4) is 0 Å². The number of hydrogen-bond donors (Lipinski definition) is 1. The first-order chi connectivity index (χ1) is 19.5. The summed E-state index contributed by atoms with van der Waals surface area (Å²) in [5.41, 5.74) is 8.51. The van der Waals surface area contributed by atoms with Crippen molar-refractivity contribution in [1.29, 1.82) is 0 Å². The van der Waals surface area contributed by atoms with Gasteiger partial charge in [-0.15, -0.1) is 4.99 Å². The highest BCUT2D eigenvalue weighted by Crippen LogP contribution is 2.51. The monoisotopic (exact) mass is 556 g/mol. The van der Waals surface area contributed by atoms with E-state index in [4.69, 9.17) is 15.2 Å². The Morgan fingerprint density at radius 3 is 2.12 bits per heavy atom. The van der Waals surface area contributed by atoms with Crippen LogP contribution in [0.3, 0.4) is 0 Å². The molecule has 1 aliphatic heterocycles. The van der Waals surface area contributed by atoms with E-state index in [1.165, 1.54) is 0 Å². The van der Waals surface area contributed by atoms with Crippen LogP contribution in [0, 0.1) is 0 Å². The molecule has 9 heteroatoms. The lowest BCUT2D eigenvalue weighted by atomic mass is 9.65. The van der Waals surface area contributed by atoms with Gasteiger partial charge in [0.25, 0.3) is 5.91 Å².